The van der Waals surface area contributed by atoms with Crippen LogP contribution in [0.15, 0.2) is 58.5 Å². The number of fused-ring (bicyclic) bond motifs is 1. The maximum absolute atomic E-state index is 13.1. The minimum Gasteiger partial charge on any atom is -0.495 e. The summed E-state index contributed by atoms with van der Waals surface area (Å²) in [4.78, 5) is 30.5. The lowest BCUT2D eigenvalue weighted by Crippen LogP contribution is -2.28. The molecular formula is C22H25N3O3S. The average molecular weight is 412 g/mol. The summed E-state index contributed by atoms with van der Waals surface area (Å²) in [6.07, 6.45) is 0.787. The smallest absolute Gasteiger partial charge is 0.262 e. The topological polar surface area (TPSA) is 73.2 Å². The Morgan fingerprint density at radius 1 is 1.17 bits per heavy atom. The first-order chi connectivity index (χ1) is 14.0. The van der Waals surface area contributed by atoms with E-state index in [4.69, 9.17) is 4.74 Å². The van der Waals surface area contributed by atoms with Crippen LogP contribution in [-0.4, -0.2) is 27.8 Å². The van der Waals surface area contributed by atoms with E-state index in [1.807, 2.05) is 44.2 Å². The van der Waals surface area contributed by atoms with Crippen LogP contribution in [0.2, 0.25) is 0 Å². The summed E-state index contributed by atoms with van der Waals surface area (Å²) in [5.74, 6) is 0.413. The molecule has 0 aliphatic heterocycles. The highest BCUT2D eigenvalue weighted by atomic mass is 32.2. The first kappa shape index (κ1) is 20.9. The Balaban J connectivity index is 1.92. The van der Waals surface area contributed by atoms with Crippen LogP contribution in [0.5, 0.6) is 5.75 Å². The van der Waals surface area contributed by atoms with Crippen LogP contribution < -0.4 is 15.6 Å². The number of carbonyl (C=O) groups excluding carboxylic acids is 1. The number of rotatable bonds is 7. The van der Waals surface area contributed by atoms with Crippen LogP contribution in [0.1, 0.15) is 33.2 Å². The van der Waals surface area contributed by atoms with Gasteiger partial charge in [-0.1, -0.05) is 43.0 Å². The minimum absolute atomic E-state index is 0.0217. The van der Waals surface area contributed by atoms with Gasteiger partial charge in [0.15, 0.2) is 5.16 Å². The van der Waals surface area contributed by atoms with Crippen molar-refractivity contribution in [3.05, 3.63) is 58.9 Å². The fourth-order valence-corrected chi connectivity index (χ4v) is 3.98. The van der Waals surface area contributed by atoms with E-state index in [2.05, 4.69) is 10.3 Å². The summed E-state index contributed by atoms with van der Waals surface area (Å²) in [6.45, 7) is 5.82. The van der Waals surface area contributed by atoms with Gasteiger partial charge in [0.25, 0.3) is 5.56 Å². The quantitative estimate of drug-likeness (QED) is 0.458. The predicted molar refractivity (Wildman–Crippen MR) is 118 cm³/mol. The summed E-state index contributed by atoms with van der Waals surface area (Å²) in [5.41, 5.74) is 1.17. The molecule has 0 unspecified atom stereocenters. The molecule has 7 heteroatoms. The monoisotopic (exact) mass is 411 g/mol. The van der Waals surface area contributed by atoms with Crippen LogP contribution in [0.4, 0.5) is 5.69 Å². The van der Waals surface area contributed by atoms with Crippen LogP contribution in [0.3, 0.4) is 0 Å². The van der Waals surface area contributed by atoms with Gasteiger partial charge < -0.3 is 10.1 Å². The lowest BCUT2D eigenvalue weighted by atomic mass is 10.2. The molecule has 1 heterocycles. The Kier molecular flexibility index (Phi) is 6.59. The lowest BCUT2D eigenvalue weighted by Gasteiger charge is -2.20. The fraction of sp³-hybridized carbons (Fsp3) is 0.318. The molecule has 0 fully saturated rings. The molecule has 0 bridgehead atoms. The summed E-state index contributed by atoms with van der Waals surface area (Å²) >= 11 is 1.28. The zero-order valence-corrected chi connectivity index (χ0v) is 17.8. The van der Waals surface area contributed by atoms with Crippen molar-refractivity contribution in [2.45, 2.75) is 43.6 Å². The number of anilines is 1. The van der Waals surface area contributed by atoms with E-state index in [1.54, 1.807) is 36.8 Å². The number of thioether (sulfide) groups is 1. The molecule has 29 heavy (non-hydrogen) atoms. The maximum Gasteiger partial charge on any atom is 0.262 e. The van der Waals surface area contributed by atoms with Crippen molar-refractivity contribution in [3.63, 3.8) is 0 Å². The standard InChI is InChI=1S/C22H25N3O3S/c1-5-14(2)25-21(27)16-10-6-7-11-17(16)24-22(25)29-15(3)20(26)23-18-12-8-9-13-19(18)28-4/h6-15H,5H2,1-4H3,(H,23,26)/t14-,15+/m0/s1. The molecule has 152 valence electrons. The number of aromatic nitrogens is 2. The minimum atomic E-state index is -0.455. The van der Waals surface area contributed by atoms with Crippen molar-refractivity contribution in [2.24, 2.45) is 0 Å². The Labute approximate surface area is 174 Å². The number of nitrogens with zero attached hydrogens (tertiary/aromatic N) is 2. The Bertz CT molecular complexity index is 1080. The van der Waals surface area contributed by atoms with Gasteiger partial charge in [0.1, 0.15) is 5.75 Å². The fourth-order valence-electron chi connectivity index (χ4n) is 2.97. The highest BCUT2D eigenvalue weighted by Gasteiger charge is 2.22. The maximum atomic E-state index is 13.1. The molecule has 0 saturated carbocycles. The number of ether oxygens (including phenoxy) is 1. The Morgan fingerprint density at radius 3 is 2.59 bits per heavy atom. The molecule has 2 atom stereocenters. The number of amides is 1. The van der Waals surface area contributed by atoms with Crippen molar-refractivity contribution >= 4 is 34.3 Å². The zero-order valence-electron chi connectivity index (χ0n) is 17.0. The molecule has 1 N–H and O–H groups in total. The number of para-hydroxylation sites is 3. The van der Waals surface area contributed by atoms with E-state index in [0.29, 0.717) is 27.5 Å². The van der Waals surface area contributed by atoms with Crippen molar-refractivity contribution in [2.75, 3.05) is 12.4 Å². The largest absolute Gasteiger partial charge is 0.495 e. The second-order valence-corrected chi connectivity index (χ2v) is 8.10. The van der Waals surface area contributed by atoms with Crippen LogP contribution in [0, 0.1) is 0 Å². The van der Waals surface area contributed by atoms with E-state index in [1.165, 1.54) is 11.8 Å². The van der Waals surface area contributed by atoms with Crippen LogP contribution in [-0.2, 0) is 4.79 Å². The highest BCUT2D eigenvalue weighted by Crippen LogP contribution is 2.28. The molecule has 1 amide bonds. The second kappa shape index (κ2) is 9.13. The number of hydrogen-bond acceptors (Lipinski definition) is 5. The van der Waals surface area contributed by atoms with Crippen molar-refractivity contribution in [1.82, 2.24) is 9.55 Å². The summed E-state index contributed by atoms with van der Waals surface area (Å²) in [5, 5.41) is 3.57. The Hall–Kier alpha value is -2.80. The molecule has 3 rings (SSSR count). The van der Waals surface area contributed by atoms with Gasteiger partial charge in [-0.05, 0) is 44.5 Å². The van der Waals surface area contributed by atoms with Crippen molar-refractivity contribution < 1.29 is 9.53 Å². The third-order valence-corrected chi connectivity index (χ3v) is 5.89. The number of carbonyl (C=O) groups is 1. The Morgan fingerprint density at radius 2 is 1.86 bits per heavy atom. The van der Waals surface area contributed by atoms with Gasteiger partial charge in [-0.15, -0.1) is 0 Å². The summed E-state index contributed by atoms with van der Waals surface area (Å²) in [7, 11) is 1.56. The first-order valence-corrected chi connectivity index (χ1v) is 10.5. The number of benzene rings is 2. The van der Waals surface area contributed by atoms with Crippen LogP contribution in [0.25, 0.3) is 10.9 Å². The molecule has 0 aliphatic carbocycles. The van der Waals surface area contributed by atoms with E-state index < -0.39 is 5.25 Å². The number of hydrogen-bond donors (Lipinski definition) is 1. The number of methoxy groups -OCH3 is 1. The molecule has 0 radical (unpaired) electrons. The van der Waals surface area contributed by atoms with Gasteiger partial charge in [-0.25, -0.2) is 4.98 Å². The molecule has 3 aromatic rings. The first-order valence-electron chi connectivity index (χ1n) is 9.58. The highest BCUT2D eigenvalue weighted by molar-refractivity contribution is 8.00. The van der Waals surface area contributed by atoms with Crippen molar-refractivity contribution in [1.29, 1.82) is 0 Å². The van der Waals surface area contributed by atoms with Gasteiger partial charge in [-0.2, -0.15) is 0 Å². The van der Waals surface area contributed by atoms with Gasteiger partial charge in [0.2, 0.25) is 5.91 Å². The average Bonchev–Trinajstić information content (AvgIpc) is 2.73. The van der Waals surface area contributed by atoms with Gasteiger partial charge in [0, 0.05) is 6.04 Å². The van der Waals surface area contributed by atoms with Gasteiger partial charge in [0.05, 0.1) is 29.0 Å². The molecule has 0 spiro atoms. The molecule has 2 aromatic carbocycles. The predicted octanol–water partition coefficient (Wildman–Crippen LogP) is 4.50. The van der Waals surface area contributed by atoms with Crippen molar-refractivity contribution in [3.8, 4) is 5.75 Å². The third kappa shape index (κ3) is 4.45. The van der Waals surface area contributed by atoms with E-state index in [-0.39, 0.29) is 17.5 Å². The van der Waals surface area contributed by atoms with Crippen LogP contribution >= 0.6 is 11.8 Å². The van der Waals surface area contributed by atoms with Gasteiger partial charge >= 0.3 is 0 Å². The zero-order chi connectivity index (χ0) is 21.0. The molecular weight excluding hydrogens is 386 g/mol. The molecule has 6 nitrogen and oxygen atoms in total. The summed E-state index contributed by atoms with van der Waals surface area (Å²) < 4.78 is 6.99. The molecule has 0 saturated heterocycles. The normalized spacial score (nSPS) is 13.1. The summed E-state index contributed by atoms with van der Waals surface area (Å²) in [6, 6.07) is 14.5. The van der Waals surface area contributed by atoms with Gasteiger partial charge in [-0.3, -0.25) is 14.2 Å². The second-order valence-electron chi connectivity index (χ2n) is 6.79. The molecule has 0 aliphatic rings. The third-order valence-electron chi connectivity index (χ3n) is 4.82. The lowest BCUT2D eigenvalue weighted by molar-refractivity contribution is -0.115. The van der Waals surface area contributed by atoms with E-state index >= 15 is 0 Å². The SMILES string of the molecule is CC[C@H](C)n1c(S[C@H](C)C(=O)Nc2ccccc2OC)nc2ccccc2c1=O. The molecule has 1 aromatic heterocycles. The number of nitrogens with one attached hydrogen (secondary N) is 1. The van der Waals surface area contributed by atoms with E-state index in [0.717, 1.165) is 6.42 Å². The van der Waals surface area contributed by atoms with E-state index in [9.17, 15) is 9.59 Å².